The number of ether oxygens (including phenoxy) is 1. The van der Waals surface area contributed by atoms with Gasteiger partial charge in [-0.1, -0.05) is 30.3 Å². The molecule has 3 N–H and O–H groups in total. The average Bonchev–Trinajstić information content (AvgIpc) is 2.53. The van der Waals surface area contributed by atoms with E-state index in [4.69, 9.17) is 10.5 Å². The number of halogens is 1. The molecular formula is C16H25ClN2O3S. The van der Waals surface area contributed by atoms with E-state index in [0.717, 1.165) is 11.3 Å². The minimum Gasteiger partial charge on any atom is -0.465 e. The Bertz CT molecular complexity index is 474. The first-order valence-corrected chi connectivity index (χ1v) is 8.73. The van der Waals surface area contributed by atoms with Gasteiger partial charge in [-0.25, -0.2) is 0 Å². The summed E-state index contributed by atoms with van der Waals surface area (Å²) in [6.07, 6.45) is 2.58. The second kappa shape index (κ2) is 12.2. The smallest absolute Gasteiger partial charge is 0.315 e. The topological polar surface area (TPSA) is 81.4 Å². The molecule has 2 atom stereocenters. The average molecular weight is 361 g/mol. The summed E-state index contributed by atoms with van der Waals surface area (Å²) in [5, 5.41) is 2.76. The first-order chi connectivity index (χ1) is 10.6. The molecule has 0 aliphatic rings. The number of benzene rings is 1. The van der Waals surface area contributed by atoms with Gasteiger partial charge in [0.15, 0.2) is 0 Å². The number of nitrogens with one attached hydrogen (secondary N) is 1. The van der Waals surface area contributed by atoms with E-state index in [2.05, 4.69) is 5.32 Å². The van der Waals surface area contributed by atoms with Crippen molar-refractivity contribution in [3.05, 3.63) is 35.9 Å². The quantitative estimate of drug-likeness (QED) is 0.658. The second-order valence-corrected chi connectivity index (χ2v) is 5.83. The Morgan fingerprint density at radius 3 is 2.52 bits per heavy atom. The largest absolute Gasteiger partial charge is 0.465 e. The van der Waals surface area contributed by atoms with Crippen molar-refractivity contribution in [1.29, 1.82) is 0 Å². The molecule has 0 saturated carbocycles. The summed E-state index contributed by atoms with van der Waals surface area (Å²) in [6, 6.07) is 8.73. The molecule has 1 rings (SSSR count). The van der Waals surface area contributed by atoms with Crippen LogP contribution in [0.5, 0.6) is 0 Å². The number of hydrogen-bond donors (Lipinski definition) is 2. The zero-order valence-corrected chi connectivity index (χ0v) is 15.1. The van der Waals surface area contributed by atoms with Crippen LogP contribution in [0.15, 0.2) is 30.3 Å². The van der Waals surface area contributed by atoms with E-state index in [1.165, 1.54) is 0 Å². The van der Waals surface area contributed by atoms with Gasteiger partial charge in [0.05, 0.1) is 18.6 Å². The lowest BCUT2D eigenvalue weighted by Gasteiger charge is -2.18. The maximum absolute atomic E-state index is 12.1. The number of hydrogen-bond acceptors (Lipinski definition) is 5. The van der Waals surface area contributed by atoms with Crippen LogP contribution in [0.3, 0.4) is 0 Å². The predicted molar refractivity (Wildman–Crippen MR) is 97.0 cm³/mol. The van der Waals surface area contributed by atoms with E-state index in [1.807, 2.05) is 36.6 Å². The van der Waals surface area contributed by atoms with E-state index in [0.29, 0.717) is 13.0 Å². The fourth-order valence-electron chi connectivity index (χ4n) is 1.98. The third-order valence-electron chi connectivity index (χ3n) is 3.22. The molecule has 1 aromatic carbocycles. The van der Waals surface area contributed by atoms with E-state index in [-0.39, 0.29) is 30.8 Å². The monoisotopic (exact) mass is 360 g/mol. The van der Waals surface area contributed by atoms with Crippen LogP contribution in [0.1, 0.15) is 24.8 Å². The lowest BCUT2D eigenvalue weighted by atomic mass is 9.99. The van der Waals surface area contributed by atoms with Gasteiger partial charge in [0.2, 0.25) is 5.91 Å². The number of nitrogens with two attached hydrogens (primary N) is 1. The van der Waals surface area contributed by atoms with Gasteiger partial charge in [-0.3, -0.25) is 9.59 Å². The minimum absolute atomic E-state index is 0. The molecule has 130 valence electrons. The van der Waals surface area contributed by atoms with Gasteiger partial charge in [0.1, 0.15) is 0 Å². The number of esters is 1. The van der Waals surface area contributed by atoms with E-state index in [9.17, 15) is 9.59 Å². The van der Waals surface area contributed by atoms with Crippen molar-refractivity contribution in [2.75, 3.05) is 25.2 Å². The molecule has 0 heterocycles. The molecule has 0 aliphatic heterocycles. The minimum atomic E-state index is -0.550. The summed E-state index contributed by atoms with van der Waals surface area (Å²) >= 11 is 1.65. The van der Waals surface area contributed by atoms with Crippen LogP contribution >= 0.6 is 24.2 Å². The third kappa shape index (κ3) is 7.72. The van der Waals surface area contributed by atoms with Gasteiger partial charge in [0, 0.05) is 6.54 Å². The first kappa shape index (κ1) is 21.8. The van der Waals surface area contributed by atoms with Gasteiger partial charge in [-0.2, -0.15) is 11.8 Å². The van der Waals surface area contributed by atoms with Crippen molar-refractivity contribution in [2.24, 2.45) is 5.73 Å². The van der Waals surface area contributed by atoms with Crippen molar-refractivity contribution < 1.29 is 14.3 Å². The summed E-state index contributed by atoms with van der Waals surface area (Å²) in [5.41, 5.74) is 6.64. The summed E-state index contributed by atoms with van der Waals surface area (Å²) in [6.45, 7) is 2.26. The summed E-state index contributed by atoms with van der Waals surface area (Å²) in [7, 11) is 0. The Morgan fingerprint density at radius 2 is 1.96 bits per heavy atom. The first-order valence-electron chi connectivity index (χ1n) is 7.34. The normalized spacial score (nSPS) is 12.7. The van der Waals surface area contributed by atoms with Crippen molar-refractivity contribution >= 4 is 36.0 Å². The molecule has 23 heavy (non-hydrogen) atoms. The molecular weight excluding hydrogens is 336 g/mol. The fourth-order valence-corrected chi connectivity index (χ4v) is 2.46. The van der Waals surface area contributed by atoms with Gasteiger partial charge in [-0.05, 0) is 30.9 Å². The number of carbonyl (C=O) groups excluding carboxylic acids is 2. The Labute approximate surface area is 148 Å². The maximum Gasteiger partial charge on any atom is 0.315 e. The summed E-state index contributed by atoms with van der Waals surface area (Å²) in [4.78, 5) is 24.1. The van der Waals surface area contributed by atoms with Crippen LogP contribution in [-0.4, -0.2) is 43.1 Å². The molecule has 0 spiro atoms. The Hall–Kier alpha value is -1.24. The highest BCUT2D eigenvalue weighted by Crippen LogP contribution is 2.16. The van der Waals surface area contributed by atoms with E-state index >= 15 is 0 Å². The molecule has 0 bridgehead atoms. The van der Waals surface area contributed by atoms with Gasteiger partial charge in [0.25, 0.3) is 0 Å². The molecule has 7 heteroatoms. The highest BCUT2D eigenvalue weighted by atomic mass is 35.5. The molecule has 0 fully saturated rings. The van der Waals surface area contributed by atoms with Gasteiger partial charge < -0.3 is 15.8 Å². The Balaban J connectivity index is 0.00000484. The highest BCUT2D eigenvalue weighted by Gasteiger charge is 2.23. The van der Waals surface area contributed by atoms with Crippen LogP contribution in [0.2, 0.25) is 0 Å². The zero-order valence-electron chi connectivity index (χ0n) is 13.5. The number of carbonyl (C=O) groups is 2. The number of thioether (sulfide) groups is 1. The van der Waals surface area contributed by atoms with Crippen molar-refractivity contribution in [3.8, 4) is 0 Å². The van der Waals surface area contributed by atoms with Crippen molar-refractivity contribution in [2.45, 2.75) is 25.3 Å². The van der Waals surface area contributed by atoms with Crippen LogP contribution in [0, 0.1) is 0 Å². The highest BCUT2D eigenvalue weighted by molar-refractivity contribution is 7.98. The number of amides is 1. The molecule has 1 amide bonds. The molecule has 0 aliphatic carbocycles. The molecule has 1 aromatic rings. The van der Waals surface area contributed by atoms with Crippen molar-refractivity contribution in [1.82, 2.24) is 5.32 Å². The standard InChI is InChI=1S/C16H24N2O3S.ClH/c1-3-21-16(20)13(12-7-5-4-6-8-12)11-18-15(19)14(17)9-10-22-2;/h4-8,13-14H,3,9-11,17H2,1-2H3,(H,18,19);1H/t13?,14-;/m0./s1. The van der Waals surface area contributed by atoms with Crippen LogP contribution in [0.25, 0.3) is 0 Å². The summed E-state index contributed by atoms with van der Waals surface area (Å²) in [5.74, 6) is -0.266. The van der Waals surface area contributed by atoms with Gasteiger partial charge >= 0.3 is 5.97 Å². The van der Waals surface area contributed by atoms with Crippen LogP contribution in [0.4, 0.5) is 0 Å². The zero-order chi connectivity index (χ0) is 16.4. The maximum atomic E-state index is 12.1. The lowest BCUT2D eigenvalue weighted by molar-refractivity contribution is -0.144. The molecule has 5 nitrogen and oxygen atoms in total. The van der Waals surface area contributed by atoms with Crippen LogP contribution in [-0.2, 0) is 14.3 Å². The SMILES string of the molecule is CCOC(=O)C(CNC(=O)[C@@H](N)CCSC)c1ccccc1.Cl. The predicted octanol–water partition coefficient (Wildman–Crippen LogP) is 1.95. The fraction of sp³-hybridized carbons (Fsp3) is 0.500. The molecule has 0 radical (unpaired) electrons. The lowest BCUT2D eigenvalue weighted by Crippen LogP contribution is -2.43. The second-order valence-electron chi connectivity index (χ2n) is 4.85. The van der Waals surface area contributed by atoms with E-state index in [1.54, 1.807) is 18.7 Å². The van der Waals surface area contributed by atoms with Crippen LogP contribution < -0.4 is 11.1 Å². The van der Waals surface area contributed by atoms with Gasteiger partial charge in [-0.15, -0.1) is 12.4 Å². The van der Waals surface area contributed by atoms with E-state index < -0.39 is 12.0 Å². The summed E-state index contributed by atoms with van der Waals surface area (Å²) < 4.78 is 5.09. The molecule has 0 saturated heterocycles. The molecule has 0 aromatic heterocycles. The number of rotatable bonds is 9. The third-order valence-corrected chi connectivity index (χ3v) is 3.87. The Kier molecular flexibility index (Phi) is 11.6. The molecule has 1 unspecified atom stereocenters. The van der Waals surface area contributed by atoms with Crippen molar-refractivity contribution in [3.63, 3.8) is 0 Å². The Morgan fingerprint density at radius 1 is 1.30 bits per heavy atom.